The van der Waals surface area contributed by atoms with Crippen LogP contribution in [0.5, 0.6) is 0 Å². The second-order valence-corrected chi connectivity index (χ2v) is 11.1. The van der Waals surface area contributed by atoms with Crippen molar-refractivity contribution in [2.24, 2.45) is 22.4 Å². The fourth-order valence-electron chi connectivity index (χ4n) is 4.78. The Hall–Kier alpha value is -2.10. The van der Waals surface area contributed by atoms with Crippen LogP contribution in [-0.2, 0) is 9.63 Å². The van der Waals surface area contributed by atoms with Crippen molar-refractivity contribution < 1.29 is 9.63 Å². The number of aryl methyl sites for hydroxylation is 1. The van der Waals surface area contributed by atoms with Crippen LogP contribution in [0.3, 0.4) is 0 Å². The largest absolute Gasteiger partial charge is 0.371 e. The first kappa shape index (κ1) is 28.1. The second kappa shape index (κ2) is 13.1. The topological polar surface area (TPSA) is 41.9 Å². The molecule has 1 aliphatic heterocycles. The smallest absolute Gasteiger partial charge is 0.367 e. The molecule has 1 aromatic carbocycles. The number of anilines is 1. The maximum Gasteiger partial charge on any atom is 0.367 e. The van der Waals surface area contributed by atoms with Crippen LogP contribution < -0.4 is 4.90 Å². The van der Waals surface area contributed by atoms with Gasteiger partial charge in [-0.15, -0.1) is 0 Å². The molecular formula is C30H48N2O2. The molecule has 0 amide bonds. The van der Waals surface area contributed by atoms with Gasteiger partial charge in [0, 0.05) is 24.2 Å². The third-order valence-corrected chi connectivity index (χ3v) is 7.10. The summed E-state index contributed by atoms with van der Waals surface area (Å²) in [5.41, 5.74) is 4.56. The van der Waals surface area contributed by atoms with Crippen LogP contribution >= 0.6 is 0 Å². The number of carbonyl (C=O) groups is 1. The van der Waals surface area contributed by atoms with Gasteiger partial charge in [0.05, 0.1) is 5.57 Å². The molecule has 0 bridgehead atoms. The molecule has 0 radical (unpaired) electrons. The normalized spacial score (nSPS) is 17.0. The Kier molecular flexibility index (Phi) is 10.9. The van der Waals surface area contributed by atoms with Gasteiger partial charge < -0.3 is 9.74 Å². The van der Waals surface area contributed by atoms with Crippen LogP contribution in [0.1, 0.15) is 105 Å². The first-order valence-electron chi connectivity index (χ1n) is 13.5. The summed E-state index contributed by atoms with van der Waals surface area (Å²) in [5, 5.41) is 4.06. The van der Waals surface area contributed by atoms with E-state index in [0.717, 1.165) is 36.2 Å². The van der Waals surface area contributed by atoms with E-state index >= 15 is 0 Å². The Labute approximate surface area is 208 Å². The summed E-state index contributed by atoms with van der Waals surface area (Å²) in [6.45, 7) is 19.8. The predicted molar refractivity (Wildman–Crippen MR) is 146 cm³/mol. The maximum absolute atomic E-state index is 12.4. The summed E-state index contributed by atoms with van der Waals surface area (Å²) in [6.07, 6.45) is 10.8. The molecule has 0 spiro atoms. The quantitative estimate of drug-likeness (QED) is 0.216. The molecule has 2 rings (SSSR count). The van der Waals surface area contributed by atoms with E-state index in [4.69, 9.17) is 4.84 Å². The fourth-order valence-corrected chi connectivity index (χ4v) is 4.78. The standard InChI is InChI=1S/C30H48N2O2/c1-9-13-15-24(12-4)21-32(20-23(11-3)14-10-2)26-17-16-25(22(5)18-26)19-27-28(30(6,7)8)31-34-29(27)33/h16-19,23-24H,9-15,20-21H2,1-8H3/b27-19-. The highest BCUT2D eigenvalue weighted by molar-refractivity contribution is 6.26. The molecule has 2 unspecified atom stereocenters. The van der Waals surface area contributed by atoms with E-state index in [1.54, 1.807) is 0 Å². The number of unbranched alkanes of at least 4 members (excludes halogenated alkanes) is 1. The molecule has 34 heavy (non-hydrogen) atoms. The van der Waals surface area contributed by atoms with Crippen molar-refractivity contribution in [2.45, 2.75) is 100 Å². The minimum absolute atomic E-state index is 0.245. The molecule has 1 aliphatic rings. The summed E-state index contributed by atoms with van der Waals surface area (Å²) < 4.78 is 0. The summed E-state index contributed by atoms with van der Waals surface area (Å²) in [6, 6.07) is 6.69. The van der Waals surface area contributed by atoms with E-state index in [9.17, 15) is 4.79 Å². The lowest BCUT2D eigenvalue weighted by Gasteiger charge is -2.33. The van der Waals surface area contributed by atoms with E-state index in [1.807, 2.05) is 6.08 Å². The van der Waals surface area contributed by atoms with Crippen LogP contribution in [0.25, 0.3) is 6.08 Å². The summed E-state index contributed by atoms with van der Waals surface area (Å²) in [7, 11) is 0. The first-order valence-corrected chi connectivity index (χ1v) is 13.5. The molecule has 2 atom stereocenters. The van der Waals surface area contributed by atoms with Crippen molar-refractivity contribution in [3.63, 3.8) is 0 Å². The zero-order valence-corrected chi connectivity index (χ0v) is 23.0. The Balaban J connectivity index is 2.35. The van der Waals surface area contributed by atoms with Crippen LogP contribution in [0.2, 0.25) is 0 Å². The SMILES string of the molecule is CCCCC(CC)CN(CC(CC)CCC)c1ccc(/C=C2\C(=O)ON=C2C(C)(C)C)c(C)c1. The Bertz CT molecular complexity index is 863. The Morgan fingerprint density at radius 1 is 1.00 bits per heavy atom. The number of benzene rings is 1. The molecule has 190 valence electrons. The van der Waals surface area contributed by atoms with E-state index in [0.29, 0.717) is 5.57 Å². The molecule has 0 aromatic heterocycles. The number of hydrogen-bond donors (Lipinski definition) is 0. The zero-order chi connectivity index (χ0) is 25.3. The number of carbonyl (C=O) groups excluding carboxylic acids is 1. The Morgan fingerprint density at radius 2 is 1.65 bits per heavy atom. The summed E-state index contributed by atoms with van der Waals surface area (Å²) >= 11 is 0. The molecule has 1 aromatic rings. The average Bonchev–Trinajstić information content (AvgIpc) is 3.17. The predicted octanol–water partition coefficient (Wildman–Crippen LogP) is 8.19. The van der Waals surface area contributed by atoms with Gasteiger partial charge in [-0.05, 0) is 60.9 Å². The van der Waals surface area contributed by atoms with Crippen molar-refractivity contribution in [2.75, 3.05) is 18.0 Å². The van der Waals surface area contributed by atoms with Crippen molar-refractivity contribution in [1.29, 1.82) is 0 Å². The lowest BCUT2D eigenvalue weighted by atomic mass is 9.85. The van der Waals surface area contributed by atoms with E-state index < -0.39 is 0 Å². The molecule has 0 aliphatic carbocycles. The molecule has 0 saturated heterocycles. The van der Waals surface area contributed by atoms with Crippen molar-refractivity contribution in [3.05, 3.63) is 34.9 Å². The number of hydrogen-bond acceptors (Lipinski definition) is 4. The van der Waals surface area contributed by atoms with Crippen molar-refractivity contribution >= 4 is 23.4 Å². The second-order valence-electron chi connectivity index (χ2n) is 11.1. The lowest BCUT2D eigenvalue weighted by molar-refractivity contribution is -0.136. The summed E-state index contributed by atoms with van der Waals surface area (Å²) in [5.74, 6) is 1.08. The molecule has 4 nitrogen and oxygen atoms in total. The Morgan fingerprint density at radius 3 is 2.18 bits per heavy atom. The minimum atomic E-state index is -0.359. The van der Waals surface area contributed by atoms with Gasteiger partial charge in [-0.25, -0.2) is 4.79 Å². The van der Waals surface area contributed by atoms with E-state index in [1.165, 1.54) is 56.2 Å². The van der Waals surface area contributed by atoms with Gasteiger partial charge in [0.2, 0.25) is 0 Å². The zero-order valence-electron chi connectivity index (χ0n) is 23.0. The van der Waals surface area contributed by atoms with Gasteiger partial charge in [0.1, 0.15) is 5.71 Å². The minimum Gasteiger partial charge on any atom is -0.371 e. The summed E-state index contributed by atoms with van der Waals surface area (Å²) in [4.78, 5) is 20.0. The number of rotatable bonds is 13. The number of oxime groups is 1. The van der Waals surface area contributed by atoms with Gasteiger partial charge in [-0.2, -0.15) is 0 Å². The third kappa shape index (κ3) is 7.71. The molecule has 0 saturated carbocycles. The highest BCUT2D eigenvalue weighted by atomic mass is 16.7. The molecule has 4 heteroatoms. The molecular weight excluding hydrogens is 420 g/mol. The highest BCUT2D eigenvalue weighted by Crippen LogP contribution is 2.30. The molecule has 0 fully saturated rings. The monoisotopic (exact) mass is 468 g/mol. The van der Waals surface area contributed by atoms with Gasteiger partial charge >= 0.3 is 5.97 Å². The van der Waals surface area contributed by atoms with Gasteiger partial charge in [0.25, 0.3) is 0 Å². The molecule has 1 heterocycles. The average molecular weight is 469 g/mol. The fraction of sp³-hybridized carbons (Fsp3) is 0.667. The van der Waals surface area contributed by atoms with Crippen LogP contribution in [0.4, 0.5) is 5.69 Å². The highest BCUT2D eigenvalue weighted by Gasteiger charge is 2.34. The van der Waals surface area contributed by atoms with Gasteiger partial charge in [0.15, 0.2) is 0 Å². The first-order chi connectivity index (χ1) is 16.1. The third-order valence-electron chi connectivity index (χ3n) is 7.10. The van der Waals surface area contributed by atoms with Gasteiger partial charge in [-0.1, -0.05) is 91.8 Å². The van der Waals surface area contributed by atoms with Gasteiger partial charge in [-0.3, -0.25) is 0 Å². The van der Waals surface area contributed by atoms with Crippen molar-refractivity contribution in [3.8, 4) is 0 Å². The maximum atomic E-state index is 12.4. The van der Waals surface area contributed by atoms with E-state index in [2.05, 4.69) is 83.6 Å². The lowest BCUT2D eigenvalue weighted by Crippen LogP contribution is -2.34. The van der Waals surface area contributed by atoms with Crippen molar-refractivity contribution in [1.82, 2.24) is 0 Å². The van der Waals surface area contributed by atoms with E-state index in [-0.39, 0.29) is 11.4 Å². The number of nitrogens with zero attached hydrogens (tertiary/aromatic N) is 2. The van der Waals surface area contributed by atoms with Crippen LogP contribution in [0.15, 0.2) is 28.9 Å². The van der Waals surface area contributed by atoms with Crippen LogP contribution in [-0.4, -0.2) is 24.8 Å². The van der Waals surface area contributed by atoms with Crippen LogP contribution in [0, 0.1) is 24.2 Å². The molecule has 0 N–H and O–H groups in total.